The van der Waals surface area contributed by atoms with Crippen molar-refractivity contribution in [2.24, 2.45) is 0 Å². The molecule has 2 amide bonds. The van der Waals surface area contributed by atoms with Crippen LogP contribution in [0.3, 0.4) is 0 Å². The Kier molecular flexibility index (Phi) is 5.31. The first-order chi connectivity index (χ1) is 12.4. The summed E-state index contributed by atoms with van der Waals surface area (Å²) in [5, 5.41) is 4.31. The molecule has 0 bridgehead atoms. The second-order valence-electron chi connectivity index (χ2n) is 6.06. The molecule has 4 nitrogen and oxygen atoms in total. The predicted octanol–water partition coefficient (Wildman–Crippen LogP) is 4.40. The van der Waals surface area contributed by atoms with E-state index in [-0.39, 0.29) is 11.6 Å². The molecule has 0 saturated carbocycles. The number of thiophene rings is 1. The van der Waals surface area contributed by atoms with E-state index < -0.39 is 23.7 Å². The second-order valence-corrected chi connectivity index (χ2v) is 7.00. The maximum Gasteiger partial charge on any atom is 0.416 e. The van der Waals surface area contributed by atoms with Crippen LogP contribution in [0, 0.1) is 0 Å². The molecule has 2 heterocycles. The third-order valence-corrected chi connectivity index (χ3v) is 5.11. The van der Waals surface area contributed by atoms with Gasteiger partial charge in [-0.3, -0.25) is 9.59 Å². The Morgan fingerprint density at radius 1 is 1.15 bits per heavy atom. The molecule has 0 spiro atoms. The van der Waals surface area contributed by atoms with Gasteiger partial charge in [0.2, 0.25) is 5.91 Å². The highest BCUT2D eigenvalue weighted by molar-refractivity contribution is 7.12. The summed E-state index contributed by atoms with van der Waals surface area (Å²) in [6.45, 7) is 0.456. The van der Waals surface area contributed by atoms with Crippen molar-refractivity contribution in [3.05, 3.63) is 52.2 Å². The second kappa shape index (κ2) is 7.49. The molecule has 26 heavy (non-hydrogen) atoms. The number of likely N-dealkylation sites (tertiary alicyclic amines) is 1. The fraction of sp³-hybridized carbons (Fsp3) is 0.333. The number of anilines is 1. The SMILES string of the molecule is O=C(Nc1cccc(C(F)(F)F)c1)C1CCCCN1C(=O)c1cccs1. The molecule has 1 aromatic heterocycles. The van der Waals surface area contributed by atoms with E-state index >= 15 is 0 Å². The summed E-state index contributed by atoms with van der Waals surface area (Å²) in [4.78, 5) is 27.3. The molecular formula is C18H17F3N2O2S. The first-order valence-electron chi connectivity index (χ1n) is 8.19. The summed E-state index contributed by atoms with van der Waals surface area (Å²) in [6, 6.07) is 7.26. The van der Waals surface area contributed by atoms with E-state index in [1.54, 1.807) is 17.5 Å². The summed E-state index contributed by atoms with van der Waals surface area (Å²) in [5.41, 5.74) is -0.760. The number of benzene rings is 1. The summed E-state index contributed by atoms with van der Waals surface area (Å²) in [7, 11) is 0. The Hall–Kier alpha value is -2.35. The van der Waals surface area contributed by atoms with Gasteiger partial charge in [0.25, 0.3) is 5.91 Å². The fourth-order valence-corrected chi connectivity index (χ4v) is 3.67. The zero-order chi connectivity index (χ0) is 18.7. The molecule has 3 rings (SSSR count). The summed E-state index contributed by atoms with van der Waals surface area (Å²) >= 11 is 1.30. The van der Waals surface area contributed by atoms with E-state index in [2.05, 4.69) is 5.32 Å². The number of carbonyl (C=O) groups is 2. The number of nitrogens with zero attached hydrogens (tertiary/aromatic N) is 1. The normalized spacial score (nSPS) is 17.8. The first kappa shape index (κ1) is 18.4. The van der Waals surface area contributed by atoms with Crippen molar-refractivity contribution >= 4 is 28.8 Å². The molecule has 1 fully saturated rings. The van der Waals surface area contributed by atoms with Gasteiger partial charge in [-0.1, -0.05) is 12.1 Å². The van der Waals surface area contributed by atoms with Crippen LogP contribution in [0.4, 0.5) is 18.9 Å². The van der Waals surface area contributed by atoms with Crippen LogP contribution in [-0.2, 0) is 11.0 Å². The van der Waals surface area contributed by atoms with Gasteiger partial charge in [-0.05, 0) is 48.9 Å². The van der Waals surface area contributed by atoms with Gasteiger partial charge in [-0.25, -0.2) is 0 Å². The molecule has 0 aliphatic carbocycles. The van der Waals surface area contributed by atoms with E-state index in [1.807, 2.05) is 0 Å². The number of hydrogen-bond donors (Lipinski definition) is 1. The standard InChI is InChI=1S/C18H17F3N2O2S/c19-18(20,21)12-5-3-6-13(11-12)22-16(24)14-7-1-2-9-23(14)17(25)15-8-4-10-26-15/h3-6,8,10-11,14H,1-2,7,9H2,(H,22,24). The molecule has 1 aromatic carbocycles. The van der Waals surface area contributed by atoms with Gasteiger partial charge in [-0.2, -0.15) is 13.2 Å². The molecule has 2 aromatic rings. The molecule has 1 aliphatic heterocycles. The van der Waals surface area contributed by atoms with Crippen LogP contribution in [0.25, 0.3) is 0 Å². The van der Waals surface area contributed by atoms with Crippen LogP contribution in [0.1, 0.15) is 34.5 Å². The van der Waals surface area contributed by atoms with E-state index in [9.17, 15) is 22.8 Å². The lowest BCUT2D eigenvalue weighted by molar-refractivity contribution is -0.137. The average molecular weight is 382 g/mol. The van der Waals surface area contributed by atoms with Gasteiger partial charge in [0.1, 0.15) is 6.04 Å². The van der Waals surface area contributed by atoms with Crippen molar-refractivity contribution in [1.29, 1.82) is 0 Å². The number of alkyl halides is 3. The van der Waals surface area contributed by atoms with Crippen LogP contribution in [0.2, 0.25) is 0 Å². The lowest BCUT2D eigenvalue weighted by Gasteiger charge is -2.34. The fourth-order valence-electron chi connectivity index (χ4n) is 2.99. The van der Waals surface area contributed by atoms with Crippen LogP contribution in [0.5, 0.6) is 0 Å². The first-order valence-corrected chi connectivity index (χ1v) is 9.07. The number of nitrogens with one attached hydrogen (secondary N) is 1. The van der Waals surface area contributed by atoms with Gasteiger partial charge in [0.05, 0.1) is 10.4 Å². The third kappa shape index (κ3) is 4.07. The van der Waals surface area contributed by atoms with Gasteiger partial charge in [0.15, 0.2) is 0 Å². The van der Waals surface area contributed by atoms with Crippen LogP contribution in [0.15, 0.2) is 41.8 Å². The van der Waals surface area contributed by atoms with Crippen LogP contribution < -0.4 is 5.32 Å². The number of amides is 2. The minimum Gasteiger partial charge on any atom is -0.326 e. The molecule has 8 heteroatoms. The summed E-state index contributed by atoms with van der Waals surface area (Å²) in [5.74, 6) is -0.683. The Balaban J connectivity index is 1.76. The lowest BCUT2D eigenvalue weighted by atomic mass is 10.0. The number of piperidine rings is 1. The summed E-state index contributed by atoms with van der Waals surface area (Å²) < 4.78 is 38.5. The lowest BCUT2D eigenvalue weighted by Crippen LogP contribution is -2.49. The maximum atomic E-state index is 12.8. The van der Waals surface area contributed by atoms with Gasteiger partial charge in [0, 0.05) is 12.2 Å². The van der Waals surface area contributed by atoms with Crippen molar-refractivity contribution < 1.29 is 22.8 Å². The minimum absolute atomic E-state index is 0.0684. The largest absolute Gasteiger partial charge is 0.416 e. The molecule has 0 radical (unpaired) electrons. The van der Waals surface area contributed by atoms with E-state index in [0.29, 0.717) is 17.8 Å². The number of halogens is 3. The molecular weight excluding hydrogens is 365 g/mol. The van der Waals surface area contributed by atoms with E-state index in [1.165, 1.54) is 28.4 Å². The number of rotatable bonds is 3. The average Bonchev–Trinajstić information content (AvgIpc) is 3.15. The summed E-state index contributed by atoms with van der Waals surface area (Å²) in [6.07, 6.45) is -2.41. The maximum absolute atomic E-state index is 12.8. The third-order valence-electron chi connectivity index (χ3n) is 4.26. The molecule has 1 saturated heterocycles. The highest BCUT2D eigenvalue weighted by Gasteiger charge is 2.34. The van der Waals surface area contributed by atoms with E-state index in [0.717, 1.165) is 25.0 Å². The highest BCUT2D eigenvalue weighted by Crippen LogP contribution is 2.31. The Bertz CT molecular complexity index is 790. The van der Waals surface area contributed by atoms with Gasteiger partial charge >= 0.3 is 6.18 Å². The quantitative estimate of drug-likeness (QED) is 0.855. The minimum atomic E-state index is -4.48. The highest BCUT2D eigenvalue weighted by atomic mass is 32.1. The predicted molar refractivity (Wildman–Crippen MR) is 93.1 cm³/mol. The van der Waals surface area contributed by atoms with Crippen molar-refractivity contribution in [2.75, 3.05) is 11.9 Å². The number of hydrogen-bond acceptors (Lipinski definition) is 3. The monoisotopic (exact) mass is 382 g/mol. The topological polar surface area (TPSA) is 49.4 Å². The molecule has 138 valence electrons. The van der Waals surface area contributed by atoms with Crippen molar-refractivity contribution in [3.8, 4) is 0 Å². The van der Waals surface area contributed by atoms with E-state index in [4.69, 9.17) is 0 Å². The molecule has 1 N–H and O–H groups in total. The van der Waals surface area contributed by atoms with Crippen LogP contribution in [-0.4, -0.2) is 29.3 Å². The van der Waals surface area contributed by atoms with Crippen molar-refractivity contribution in [2.45, 2.75) is 31.5 Å². The molecule has 1 atom stereocenters. The van der Waals surface area contributed by atoms with Crippen molar-refractivity contribution in [1.82, 2.24) is 4.90 Å². The molecule has 1 aliphatic rings. The Morgan fingerprint density at radius 3 is 2.65 bits per heavy atom. The van der Waals surface area contributed by atoms with Gasteiger partial charge in [-0.15, -0.1) is 11.3 Å². The molecule has 1 unspecified atom stereocenters. The van der Waals surface area contributed by atoms with Gasteiger partial charge < -0.3 is 10.2 Å². The van der Waals surface area contributed by atoms with Crippen molar-refractivity contribution in [3.63, 3.8) is 0 Å². The smallest absolute Gasteiger partial charge is 0.326 e. The Labute approximate surface area is 152 Å². The zero-order valence-corrected chi connectivity index (χ0v) is 14.6. The zero-order valence-electron chi connectivity index (χ0n) is 13.8. The van der Waals surface area contributed by atoms with Crippen LogP contribution >= 0.6 is 11.3 Å². The number of carbonyl (C=O) groups excluding carboxylic acids is 2. The Morgan fingerprint density at radius 2 is 1.96 bits per heavy atom.